The van der Waals surface area contributed by atoms with Crippen molar-refractivity contribution in [1.82, 2.24) is 14.6 Å². The number of fused-ring (bicyclic) bond motifs is 1. The van der Waals surface area contributed by atoms with E-state index in [-0.39, 0.29) is 0 Å². The summed E-state index contributed by atoms with van der Waals surface area (Å²) in [6.07, 6.45) is 1.30. The van der Waals surface area contributed by atoms with Gasteiger partial charge in [-0.25, -0.2) is 9.50 Å². The zero-order valence-corrected chi connectivity index (χ0v) is 8.56. The SMILES string of the molecule is CC(O)c1ccn2nc(Br)nc2c1. The number of rotatable bonds is 1. The zero-order chi connectivity index (χ0) is 9.42. The molecule has 2 rings (SSSR count). The van der Waals surface area contributed by atoms with E-state index in [0.717, 1.165) is 11.2 Å². The summed E-state index contributed by atoms with van der Waals surface area (Å²) in [7, 11) is 0. The van der Waals surface area contributed by atoms with E-state index in [1.165, 1.54) is 0 Å². The number of aliphatic hydroxyl groups is 1. The van der Waals surface area contributed by atoms with E-state index >= 15 is 0 Å². The molecule has 1 unspecified atom stereocenters. The molecular formula is C8H8BrN3O. The Hall–Kier alpha value is -0.940. The lowest BCUT2D eigenvalue weighted by atomic mass is 10.2. The fourth-order valence-corrected chi connectivity index (χ4v) is 1.48. The first-order chi connectivity index (χ1) is 6.16. The average Bonchev–Trinajstić information content (AvgIpc) is 2.42. The van der Waals surface area contributed by atoms with E-state index in [4.69, 9.17) is 0 Å². The lowest BCUT2D eigenvalue weighted by molar-refractivity contribution is 0.199. The molecule has 1 N–H and O–H groups in total. The highest BCUT2D eigenvalue weighted by Gasteiger charge is 2.04. The van der Waals surface area contributed by atoms with Crippen LogP contribution in [0.2, 0.25) is 0 Å². The second kappa shape index (κ2) is 3.08. The molecule has 0 radical (unpaired) electrons. The van der Waals surface area contributed by atoms with Crippen molar-refractivity contribution in [3.8, 4) is 0 Å². The van der Waals surface area contributed by atoms with Crippen molar-refractivity contribution in [2.24, 2.45) is 0 Å². The van der Waals surface area contributed by atoms with Crippen LogP contribution in [0.15, 0.2) is 23.1 Å². The van der Waals surface area contributed by atoms with Gasteiger partial charge in [-0.05, 0) is 40.5 Å². The van der Waals surface area contributed by atoms with Gasteiger partial charge >= 0.3 is 0 Å². The van der Waals surface area contributed by atoms with Crippen molar-refractivity contribution in [2.45, 2.75) is 13.0 Å². The highest BCUT2D eigenvalue weighted by Crippen LogP contribution is 2.14. The van der Waals surface area contributed by atoms with Gasteiger partial charge in [0.15, 0.2) is 5.65 Å². The van der Waals surface area contributed by atoms with Crippen LogP contribution < -0.4 is 0 Å². The van der Waals surface area contributed by atoms with E-state index in [2.05, 4.69) is 26.0 Å². The van der Waals surface area contributed by atoms with Crippen molar-refractivity contribution in [3.63, 3.8) is 0 Å². The molecule has 2 aromatic heterocycles. The third-order valence-corrected chi connectivity index (χ3v) is 2.15. The summed E-state index contributed by atoms with van der Waals surface area (Å²) in [5, 5.41) is 13.4. The summed E-state index contributed by atoms with van der Waals surface area (Å²) in [5.41, 5.74) is 1.57. The number of hydrogen-bond acceptors (Lipinski definition) is 3. The Morgan fingerprint density at radius 3 is 3.08 bits per heavy atom. The van der Waals surface area contributed by atoms with Gasteiger partial charge in [0.2, 0.25) is 4.73 Å². The van der Waals surface area contributed by atoms with E-state index in [9.17, 15) is 5.11 Å². The van der Waals surface area contributed by atoms with Gasteiger partial charge < -0.3 is 5.11 Å². The Morgan fingerprint density at radius 2 is 2.38 bits per heavy atom. The molecule has 0 bridgehead atoms. The Balaban J connectivity index is 2.61. The third-order valence-electron chi connectivity index (χ3n) is 1.82. The maximum Gasteiger partial charge on any atom is 0.218 e. The van der Waals surface area contributed by atoms with Crippen molar-refractivity contribution < 1.29 is 5.11 Å². The summed E-state index contributed by atoms with van der Waals surface area (Å²) in [6.45, 7) is 1.72. The second-order valence-electron chi connectivity index (χ2n) is 2.82. The average molecular weight is 242 g/mol. The van der Waals surface area contributed by atoms with Crippen LogP contribution in [-0.2, 0) is 0 Å². The van der Waals surface area contributed by atoms with Gasteiger partial charge in [0, 0.05) is 6.20 Å². The number of aliphatic hydroxyl groups excluding tert-OH is 1. The molecule has 0 saturated carbocycles. The van der Waals surface area contributed by atoms with Gasteiger partial charge in [0.25, 0.3) is 0 Å². The largest absolute Gasteiger partial charge is 0.389 e. The normalized spacial score (nSPS) is 13.5. The molecule has 1 atom stereocenters. The van der Waals surface area contributed by atoms with E-state index < -0.39 is 6.10 Å². The number of nitrogens with zero attached hydrogens (tertiary/aromatic N) is 3. The highest BCUT2D eigenvalue weighted by atomic mass is 79.9. The highest BCUT2D eigenvalue weighted by molar-refractivity contribution is 9.10. The molecule has 5 heteroatoms. The number of hydrogen-bond donors (Lipinski definition) is 1. The number of halogens is 1. The van der Waals surface area contributed by atoms with Crippen molar-refractivity contribution in [1.29, 1.82) is 0 Å². The molecule has 0 aliphatic heterocycles. The molecule has 13 heavy (non-hydrogen) atoms. The fraction of sp³-hybridized carbons (Fsp3) is 0.250. The van der Waals surface area contributed by atoms with Crippen LogP contribution in [-0.4, -0.2) is 19.7 Å². The Bertz CT molecular complexity index is 438. The van der Waals surface area contributed by atoms with Crippen LogP contribution in [0.1, 0.15) is 18.6 Å². The second-order valence-corrected chi connectivity index (χ2v) is 3.53. The lowest BCUT2D eigenvalue weighted by Gasteiger charge is -2.02. The van der Waals surface area contributed by atoms with E-state index in [0.29, 0.717) is 4.73 Å². The minimum atomic E-state index is -0.472. The summed E-state index contributed by atoms with van der Waals surface area (Å²) < 4.78 is 2.20. The minimum Gasteiger partial charge on any atom is -0.389 e. The Kier molecular flexibility index (Phi) is 2.05. The van der Waals surface area contributed by atoms with Gasteiger partial charge in [0.1, 0.15) is 0 Å². The molecule has 0 saturated heterocycles. The molecule has 0 amide bonds. The summed E-state index contributed by atoms with van der Waals surface area (Å²) in [4.78, 5) is 4.11. The molecule has 68 valence electrons. The smallest absolute Gasteiger partial charge is 0.218 e. The molecule has 2 heterocycles. The van der Waals surface area contributed by atoms with Crippen LogP contribution in [0.4, 0.5) is 0 Å². The fourth-order valence-electron chi connectivity index (χ4n) is 1.13. The molecule has 2 aromatic rings. The molecule has 0 fully saturated rings. The van der Waals surface area contributed by atoms with Gasteiger partial charge in [0.05, 0.1) is 6.10 Å². The van der Waals surface area contributed by atoms with Crippen molar-refractivity contribution in [3.05, 3.63) is 28.6 Å². The van der Waals surface area contributed by atoms with Gasteiger partial charge in [-0.2, -0.15) is 0 Å². The summed E-state index contributed by atoms with van der Waals surface area (Å²) in [5.74, 6) is 0. The van der Waals surface area contributed by atoms with Crippen LogP contribution in [0.25, 0.3) is 5.65 Å². The standard InChI is InChI=1S/C8H8BrN3O/c1-5(13)6-2-3-12-7(4-6)10-8(9)11-12/h2-5,13H,1H3. The Morgan fingerprint density at radius 1 is 1.62 bits per heavy atom. The molecule has 4 nitrogen and oxygen atoms in total. The molecule has 0 spiro atoms. The van der Waals surface area contributed by atoms with Crippen molar-refractivity contribution in [2.75, 3.05) is 0 Å². The van der Waals surface area contributed by atoms with E-state index in [1.807, 2.05) is 12.1 Å². The topological polar surface area (TPSA) is 50.4 Å². The molecule has 0 aliphatic rings. The predicted molar refractivity (Wildman–Crippen MR) is 51.3 cm³/mol. The third kappa shape index (κ3) is 1.57. The molecule has 0 aliphatic carbocycles. The van der Waals surface area contributed by atoms with Gasteiger partial charge in [-0.1, -0.05) is 0 Å². The van der Waals surface area contributed by atoms with Gasteiger partial charge in [-0.3, -0.25) is 0 Å². The van der Waals surface area contributed by atoms with Crippen LogP contribution in [0.3, 0.4) is 0 Å². The Labute approximate surface area is 83.3 Å². The predicted octanol–water partition coefficient (Wildman–Crippen LogP) is 1.55. The first kappa shape index (κ1) is 8.65. The number of pyridine rings is 1. The maximum atomic E-state index is 9.32. The van der Waals surface area contributed by atoms with Crippen molar-refractivity contribution >= 4 is 21.6 Å². The van der Waals surface area contributed by atoms with Gasteiger partial charge in [-0.15, -0.1) is 5.10 Å². The monoisotopic (exact) mass is 241 g/mol. The first-order valence-electron chi connectivity index (χ1n) is 3.87. The minimum absolute atomic E-state index is 0.472. The molecular weight excluding hydrogens is 234 g/mol. The molecule has 0 aromatic carbocycles. The number of aromatic nitrogens is 3. The van der Waals surface area contributed by atoms with E-state index in [1.54, 1.807) is 17.6 Å². The van der Waals surface area contributed by atoms with Crippen LogP contribution >= 0.6 is 15.9 Å². The summed E-state index contributed by atoms with van der Waals surface area (Å²) in [6, 6.07) is 3.63. The van der Waals surface area contributed by atoms with Crippen LogP contribution in [0, 0.1) is 0 Å². The summed E-state index contributed by atoms with van der Waals surface area (Å²) >= 11 is 3.18. The van der Waals surface area contributed by atoms with Crippen LogP contribution in [0.5, 0.6) is 0 Å². The quantitative estimate of drug-likeness (QED) is 0.825. The first-order valence-corrected chi connectivity index (χ1v) is 4.66. The lowest BCUT2D eigenvalue weighted by Crippen LogP contribution is -1.93. The maximum absolute atomic E-state index is 9.32. The zero-order valence-electron chi connectivity index (χ0n) is 6.98.